The quantitative estimate of drug-likeness (QED) is 0.186. The maximum atomic E-state index is 13.7. The summed E-state index contributed by atoms with van der Waals surface area (Å²) in [5.74, 6) is 2.24. The molecule has 2 fully saturated rings. The lowest BCUT2D eigenvalue weighted by Gasteiger charge is -2.33. The normalized spacial score (nSPS) is 20.9. The lowest BCUT2D eigenvalue weighted by Crippen LogP contribution is -2.39. The van der Waals surface area contributed by atoms with Gasteiger partial charge in [0.2, 0.25) is 5.95 Å². The molecule has 0 bridgehead atoms. The number of carbonyl (C=O) groups is 1. The minimum Gasteiger partial charge on any atom is -0.484 e. The maximum Gasteiger partial charge on any atom is 0.320 e. The molecule has 3 atom stereocenters. The molecule has 4 aromatic heterocycles. The van der Waals surface area contributed by atoms with Gasteiger partial charge in [-0.25, -0.2) is 9.48 Å². The summed E-state index contributed by atoms with van der Waals surface area (Å²) < 4.78 is 12.5. The van der Waals surface area contributed by atoms with Gasteiger partial charge in [0.05, 0.1) is 36.9 Å². The Kier molecular flexibility index (Phi) is 8.91. The van der Waals surface area contributed by atoms with Gasteiger partial charge < -0.3 is 19.9 Å². The molecule has 2 N–H and O–H groups in total. The second kappa shape index (κ2) is 13.7. The molecule has 1 aliphatic carbocycles. The number of nitrogens with zero attached hydrogens (tertiary/aromatic N) is 9. The summed E-state index contributed by atoms with van der Waals surface area (Å²) in [4.78, 5) is 18.4. The topological polar surface area (TPSA) is 123 Å². The van der Waals surface area contributed by atoms with Crippen molar-refractivity contribution in [2.45, 2.75) is 96.4 Å². The van der Waals surface area contributed by atoms with Gasteiger partial charge in [0.25, 0.3) is 0 Å². The number of nitrogens with one attached hydrogen (secondary N) is 2. The first-order valence-corrected chi connectivity index (χ1v) is 18.5. The molecule has 51 heavy (non-hydrogen) atoms. The van der Waals surface area contributed by atoms with Crippen molar-refractivity contribution >= 4 is 23.4 Å². The first-order valence-electron chi connectivity index (χ1n) is 18.5. The van der Waals surface area contributed by atoms with Gasteiger partial charge in [0.1, 0.15) is 23.4 Å². The Morgan fingerprint density at radius 3 is 2.57 bits per heavy atom. The molecule has 268 valence electrons. The van der Waals surface area contributed by atoms with Crippen LogP contribution in [0.5, 0.6) is 5.75 Å². The van der Waals surface area contributed by atoms with Gasteiger partial charge >= 0.3 is 6.03 Å². The van der Waals surface area contributed by atoms with E-state index in [1.807, 2.05) is 53.6 Å². The summed E-state index contributed by atoms with van der Waals surface area (Å²) in [6.45, 7) is 13.7. The van der Waals surface area contributed by atoms with Crippen LogP contribution in [0.25, 0.3) is 11.3 Å². The van der Waals surface area contributed by atoms with Gasteiger partial charge in [-0.2, -0.15) is 10.2 Å². The molecule has 13 nitrogen and oxygen atoms in total. The van der Waals surface area contributed by atoms with Crippen LogP contribution in [0.3, 0.4) is 0 Å². The third-order valence-electron chi connectivity index (χ3n) is 10.6. The number of piperidine rings is 1. The Morgan fingerprint density at radius 2 is 1.78 bits per heavy atom. The lowest BCUT2D eigenvalue weighted by molar-refractivity contribution is 0.171. The van der Waals surface area contributed by atoms with E-state index in [2.05, 4.69) is 80.0 Å². The highest BCUT2D eigenvalue weighted by Crippen LogP contribution is 2.39. The van der Waals surface area contributed by atoms with E-state index >= 15 is 0 Å². The minimum absolute atomic E-state index is 0.151. The summed E-state index contributed by atoms with van der Waals surface area (Å²) in [7, 11) is 0. The van der Waals surface area contributed by atoms with Crippen LogP contribution in [0.15, 0.2) is 61.1 Å². The summed E-state index contributed by atoms with van der Waals surface area (Å²) in [6, 6.07) is 14.1. The molecule has 8 rings (SSSR count). The number of hydrogen-bond donors (Lipinski definition) is 2. The lowest BCUT2D eigenvalue weighted by atomic mass is 9.85. The summed E-state index contributed by atoms with van der Waals surface area (Å²) in [5, 5.41) is 24.8. The van der Waals surface area contributed by atoms with Crippen molar-refractivity contribution in [3.63, 3.8) is 0 Å². The Bertz CT molecular complexity index is 2000. The van der Waals surface area contributed by atoms with Crippen molar-refractivity contribution in [3.05, 3.63) is 77.9 Å². The van der Waals surface area contributed by atoms with Crippen LogP contribution in [0.1, 0.15) is 95.2 Å². The first-order chi connectivity index (χ1) is 24.7. The predicted octanol–water partition coefficient (Wildman–Crippen LogP) is 6.27. The number of amides is 2. The predicted molar refractivity (Wildman–Crippen MR) is 197 cm³/mol. The van der Waals surface area contributed by atoms with Gasteiger partial charge in [-0.05, 0) is 81.8 Å². The van der Waals surface area contributed by atoms with Crippen LogP contribution >= 0.6 is 0 Å². The SMILES string of the molecule is C[C@H]1CCCCN1c1nnc2ccc(O[C@@H]3CC[C@H](NC(=O)Nc4cc(C(C)(C)C)nn4-c4cnn(CCN5CCC5)c4)c4ccccc43)cn12. The van der Waals surface area contributed by atoms with Gasteiger partial charge in [0, 0.05) is 30.6 Å². The Balaban J connectivity index is 0.974. The molecule has 0 unspecified atom stereocenters. The number of urea groups is 1. The zero-order valence-corrected chi connectivity index (χ0v) is 30.1. The fourth-order valence-corrected chi connectivity index (χ4v) is 7.48. The molecule has 2 saturated heterocycles. The molecule has 0 spiro atoms. The van der Waals surface area contributed by atoms with Crippen molar-refractivity contribution in [1.29, 1.82) is 0 Å². The van der Waals surface area contributed by atoms with E-state index in [9.17, 15) is 4.79 Å². The molecule has 5 aromatic rings. The summed E-state index contributed by atoms with van der Waals surface area (Å²) >= 11 is 0. The highest BCUT2D eigenvalue weighted by molar-refractivity contribution is 5.89. The van der Waals surface area contributed by atoms with E-state index in [1.165, 1.54) is 12.8 Å². The summed E-state index contributed by atoms with van der Waals surface area (Å²) in [5.41, 5.74) is 4.44. The zero-order chi connectivity index (χ0) is 35.1. The van der Waals surface area contributed by atoms with E-state index in [1.54, 1.807) is 4.68 Å². The fourth-order valence-electron chi connectivity index (χ4n) is 7.48. The molecule has 13 heteroatoms. The van der Waals surface area contributed by atoms with Crippen molar-refractivity contribution in [3.8, 4) is 11.4 Å². The molecular formula is C38H49N11O2. The molecule has 2 aliphatic heterocycles. The highest BCUT2D eigenvalue weighted by Gasteiger charge is 2.31. The Morgan fingerprint density at radius 1 is 0.941 bits per heavy atom. The van der Waals surface area contributed by atoms with Crippen molar-refractivity contribution < 1.29 is 9.53 Å². The molecule has 1 aromatic carbocycles. The number of likely N-dealkylation sites (tertiary alicyclic amines) is 1. The molecule has 3 aliphatic rings. The van der Waals surface area contributed by atoms with Gasteiger partial charge in [-0.3, -0.25) is 14.4 Å². The number of rotatable bonds is 9. The Labute approximate surface area is 299 Å². The average molecular weight is 692 g/mol. The number of hydrogen-bond acceptors (Lipinski definition) is 8. The van der Waals surface area contributed by atoms with Crippen LogP contribution in [0.2, 0.25) is 0 Å². The Hall–Kier alpha value is -4.91. The van der Waals surface area contributed by atoms with Crippen molar-refractivity contribution in [2.24, 2.45) is 0 Å². The summed E-state index contributed by atoms with van der Waals surface area (Å²) in [6.07, 6.45) is 12.0. The second-order valence-electron chi connectivity index (χ2n) is 15.3. The average Bonchev–Trinajstić information content (AvgIpc) is 3.84. The van der Waals surface area contributed by atoms with Crippen molar-refractivity contribution in [1.82, 2.24) is 44.4 Å². The molecule has 0 saturated carbocycles. The number of anilines is 2. The smallest absolute Gasteiger partial charge is 0.320 e. The van der Waals surface area contributed by atoms with E-state index < -0.39 is 0 Å². The van der Waals surface area contributed by atoms with Gasteiger partial charge in [0.15, 0.2) is 5.65 Å². The zero-order valence-electron chi connectivity index (χ0n) is 30.1. The third-order valence-corrected chi connectivity index (χ3v) is 10.6. The van der Waals surface area contributed by atoms with Crippen LogP contribution in [0, 0.1) is 0 Å². The standard InChI is InChI=1S/C38H49N11O2/c1-26-10-7-8-19-47(26)37-43-42-34-16-13-28(25-48(34)37)51-32-15-14-31(29-11-5-6-12-30(29)32)40-36(50)41-35-22-33(38(2,3)4)44-49(35)27-23-39-46(24-27)21-20-45-17-9-18-45/h5-6,11-13,16,22-26,31-32H,7-10,14-15,17-21H2,1-4H3,(H2,40,41,50)/t26-,31-,32+/m0/s1. The number of carbonyl (C=O) groups excluding carboxylic acids is 1. The van der Waals surface area contributed by atoms with E-state index in [0.29, 0.717) is 11.9 Å². The van der Waals surface area contributed by atoms with E-state index in [-0.39, 0.29) is 23.6 Å². The number of benzene rings is 1. The molecule has 2 amide bonds. The van der Waals surface area contributed by atoms with Gasteiger partial charge in [-0.1, -0.05) is 45.0 Å². The third kappa shape index (κ3) is 6.91. The van der Waals surface area contributed by atoms with E-state index in [0.717, 1.165) is 98.3 Å². The fraction of sp³-hybridized carbons (Fsp3) is 0.500. The van der Waals surface area contributed by atoms with Gasteiger partial charge in [-0.15, -0.1) is 10.2 Å². The largest absolute Gasteiger partial charge is 0.484 e. The molecule has 0 radical (unpaired) electrons. The van der Waals surface area contributed by atoms with E-state index in [4.69, 9.17) is 9.84 Å². The number of pyridine rings is 1. The van der Waals surface area contributed by atoms with Crippen molar-refractivity contribution in [2.75, 3.05) is 36.4 Å². The molecular weight excluding hydrogens is 642 g/mol. The number of ether oxygens (including phenoxy) is 1. The van der Waals surface area contributed by atoms with Crippen LogP contribution in [-0.4, -0.2) is 77.3 Å². The molecule has 6 heterocycles. The number of fused-ring (bicyclic) bond motifs is 2. The maximum absolute atomic E-state index is 13.7. The van der Waals surface area contributed by atoms with Crippen LogP contribution < -0.4 is 20.3 Å². The monoisotopic (exact) mass is 691 g/mol. The first kappa shape index (κ1) is 33.2. The second-order valence-corrected chi connectivity index (χ2v) is 15.3. The number of aromatic nitrogens is 7. The van der Waals surface area contributed by atoms with Crippen LogP contribution in [0.4, 0.5) is 16.6 Å². The van der Waals surface area contributed by atoms with Crippen LogP contribution in [-0.2, 0) is 12.0 Å². The highest BCUT2D eigenvalue weighted by atomic mass is 16.5. The minimum atomic E-state index is -0.279.